The van der Waals surface area contributed by atoms with Gasteiger partial charge in [-0.25, -0.2) is 0 Å². The maximum Gasteiger partial charge on any atom is 0.128 e. The molecule has 108 valence electrons. The number of ether oxygens (including phenoxy) is 2. The minimum absolute atomic E-state index is 0.309. The van der Waals surface area contributed by atoms with Gasteiger partial charge in [0.15, 0.2) is 0 Å². The molecule has 4 heterocycles. The molecule has 4 saturated heterocycles. The van der Waals surface area contributed by atoms with Crippen molar-refractivity contribution in [2.24, 2.45) is 0 Å². The molecule has 1 aromatic rings. The lowest BCUT2D eigenvalue weighted by atomic mass is 10.1. The maximum absolute atomic E-state index is 5.58. The molecule has 6 heteroatoms. The largest absolute Gasteiger partial charge is 0.497 e. The van der Waals surface area contributed by atoms with E-state index in [2.05, 4.69) is 25.7 Å². The monoisotopic (exact) mass is 276 g/mol. The van der Waals surface area contributed by atoms with E-state index < -0.39 is 0 Å². The smallest absolute Gasteiger partial charge is 0.128 e. The molecule has 0 unspecified atom stereocenters. The Morgan fingerprint density at radius 2 is 1.55 bits per heavy atom. The van der Waals surface area contributed by atoms with Gasteiger partial charge >= 0.3 is 0 Å². The molecule has 0 aromatic heterocycles. The topological polar surface area (TPSA) is 31.4 Å². The normalized spacial score (nSPS) is 38.0. The molecular weight excluding hydrogens is 256 g/mol. The van der Waals surface area contributed by atoms with E-state index in [1.165, 1.54) is 5.56 Å². The van der Waals surface area contributed by atoms with Crippen LogP contribution in [0.25, 0.3) is 0 Å². The first-order valence-corrected chi connectivity index (χ1v) is 6.93. The fraction of sp³-hybridized carbons (Fsp3) is 0.571. The lowest BCUT2D eigenvalue weighted by Gasteiger charge is -2.60. The van der Waals surface area contributed by atoms with Gasteiger partial charge in [0.1, 0.15) is 11.5 Å². The number of methoxy groups -OCH3 is 2. The minimum atomic E-state index is 0.309. The van der Waals surface area contributed by atoms with Crippen LogP contribution in [0.2, 0.25) is 0 Å². The second-order valence-electron chi connectivity index (χ2n) is 5.71. The zero-order valence-corrected chi connectivity index (χ0v) is 12.0. The van der Waals surface area contributed by atoms with Gasteiger partial charge in [-0.2, -0.15) is 0 Å². The van der Waals surface area contributed by atoms with Crippen LogP contribution in [0.15, 0.2) is 18.2 Å². The van der Waals surface area contributed by atoms with Crippen LogP contribution in [0.3, 0.4) is 0 Å². The zero-order valence-electron chi connectivity index (χ0n) is 12.0. The van der Waals surface area contributed by atoms with Gasteiger partial charge in [-0.1, -0.05) is 0 Å². The van der Waals surface area contributed by atoms with Gasteiger partial charge in [0.05, 0.1) is 53.7 Å². The first kappa shape index (κ1) is 12.4. The molecule has 0 N–H and O–H groups in total. The van der Waals surface area contributed by atoms with E-state index in [0.717, 1.165) is 44.8 Å². The second-order valence-corrected chi connectivity index (χ2v) is 5.71. The van der Waals surface area contributed by atoms with Crippen molar-refractivity contribution in [1.29, 1.82) is 0 Å². The number of nitrogens with zero attached hydrogens (tertiary/aromatic N) is 4. The Bertz CT molecular complexity index is 494. The van der Waals surface area contributed by atoms with Crippen LogP contribution in [0, 0.1) is 0 Å². The fourth-order valence-corrected chi connectivity index (χ4v) is 3.63. The highest BCUT2D eigenvalue weighted by Gasteiger charge is 2.44. The van der Waals surface area contributed by atoms with Crippen LogP contribution < -0.4 is 9.47 Å². The van der Waals surface area contributed by atoms with Crippen LogP contribution in [-0.2, 0) is 0 Å². The van der Waals surface area contributed by atoms with E-state index in [1.807, 2.05) is 12.1 Å². The molecule has 0 aliphatic carbocycles. The third kappa shape index (κ3) is 1.80. The summed E-state index contributed by atoms with van der Waals surface area (Å²) in [5, 5.41) is 0. The standard InChI is InChI=1S/C14H20N4O2/c1-19-11-3-4-12(13(5-11)20-2)14-17-7-15-6-16(9-17)10-18(14)8-15/h3-5,14H,6-10H2,1-2H3. The molecule has 4 bridgehead atoms. The van der Waals surface area contributed by atoms with Gasteiger partial charge in [-0.3, -0.25) is 19.6 Å². The third-order valence-corrected chi connectivity index (χ3v) is 4.34. The summed E-state index contributed by atoms with van der Waals surface area (Å²) in [4.78, 5) is 9.89. The maximum atomic E-state index is 5.58. The van der Waals surface area contributed by atoms with Crippen LogP contribution in [0.1, 0.15) is 11.7 Å². The van der Waals surface area contributed by atoms with E-state index in [9.17, 15) is 0 Å². The fourth-order valence-electron chi connectivity index (χ4n) is 3.63. The van der Waals surface area contributed by atoms with Crippen molar-refractivity contribution in [2.45, 2.75) is 6.17 Å². The Hall–Kier alpha value is -1.34. The van der Waals surface area contributed by atoms with Crippen molar-refractivity contribution in [1.82, 2.24) is 19.6 Å². The van der Waals surface area contributed by atoms with E-state index in [1.54, 1.807) is 14.2 Å². The molecule has 0 spiro atoms. The SMILES string of the molecule is COc1ccc(C2N3CN4CN(C3)CN2C4)c(OC)c1. The second kappa shape index (κ2) is 4.60. The first-order valence-electron chi connectivity index (χ1n) is 6.93. The third-order valence-electron chi connectivity index (χ3n) is 4.34. The van der Waals surface area contributed by atoms with E-state index in [-0.39, 0.29) is 0 Å². The van der Waals surface area contributed by atoms with Crippen molar-refractivity contribution in [3.63, 3.8) is 0 Å². The summed E-state index contributed by atoms with van der Waals surface area (Å²) in [6.45, 7) is 5.23. The minimum Gasteiger partial charge on any atom is -0.497 e. The van der Waals surface area contributed by atoms with Crippen molar-refractivity contribution in [3.8, 4) is 11.5 Å². The van der Waals surface area contributed by atoms with Gasteiger partial charge in [0, 0.05) is 11.6 Å². The first-order chi connectivity index (χ1) is 9.78. The Morgan fingerprint density at radius 1 is 0.900 bits per heavy atom. The predicted octanol–water partition coefficient (Wildman–Crippen LogP) is 0.739. The van der Waals surface area contributed by atoms with Crippen LogP contribution in [0.5, 0.6) is 11.5 Å². The molecule has 0 radical (unpaired) electrons. The summed E-state index contributed by atoms with van der Waals surface area (Å²) < 4.78 is 10.9. The lowest BCUT2D eigenvalue weighted by molar-refractivity contribution is -0.233. The highest BCUT2D eigenvalue weighted by Crippen LogP contribution is 2.40. The van der Waals surface area contributed by atoms with Crippen LogP contribution in [0.4, 0.5) is 0 Å². The quantitative estimate of drug-likeness (QED) is 0.809. The number of rotatable bonds is 3. The summed E-state index contributed by atoms with van der Waals surface area (Å²) in [7, 11) is 3.41. The van der Waals surface area contributed by atoms with Crippen molar-refractivity contribution in [2.75, 3.05) is 47.6 Å². The zero-order chi connectivity index (χ0) is 13.7. The molecular formula is C14H20N4O2. The molecule has 0 saturated carbocycles. The average Bonchev–Trinajstić information content (AvgIpc) is 2.46. The summed E-state index contributed by atoms with van der Waals surface area (Å²) in [6.07, 6.45) is 0.309. The van der Waals surface area contributed by atoms with Gasteiger partial charge in [-0.05, 0) is 12.1 Å². The van der Waals surface area contributed by atoms with Gasteiger partial charge < -0.3 is 9.47 Å². The summed E-state index contributed by atoms with van der Waals surface area (Å²) in [5.41, 5.74) is 1.23. The molecule has 5 rings (SSSR count). The molecule has 0 amide bonds. The van der Waals surface area contributed by atoms with Crippen LogP contribution in [-0.4, -0.2) is 67.2 Å². The van der Waals surface area contributed by atoms with Gasteiger partial charge in [0.25, 0.3) is 0 Å². The summed E-state index contributed by atoms with van der Waals surface area (Å²) in [6, 6.07) is 6.13. The Labute approximate surface area is 119 Å². The summed E-state index contributed by atoms with van der Waals surface area (Å²) >= 11 is 0. The molecule has 0 atom stereocenters. The van der Waals surface area contributed by atoms with E-state index >= 15 is 0 Å². The molecule has 4 aliphatic heterocycles. The average molecular weight is 276 g/mol. The van der Waals surface area contributed by atoms with Crippen molar-refractivity contribution < 1.29 is 9.47 Å². The van der Waals surface area contributed by atoms with Gasteiger partial charge in [-0.15, -0.1) is 0 Å². The number of hydrogen-bond donors (Lipinski definition) is 0. The molecule has 4 fully saturated rings. The molecule has 1 aromatic carbocycles. The number of benzene rings is 1. The molecule has 20 heavy (non-hydrogen) atoms. The van der Waals surface area contributed by atoms with Crippen molar-refractivity contribution in [3.05, 3.63) is 23.8 Å². The van der Waals surface area contributed by atoms with Gasteiger partial charge in [0.2, 0.25) is 0 Å². The highest BCUT2D eigenvalue weighted by atomic mass is 16.5. The van der Waals surface area contributed by atoms with Crippen molar-refractivity contribution >= 4 is 0 Å². The lowest BCUT2D eigenvalue weighted by Crippen LogP contribution is -2.72. The molecule has 4 aliphatic rings. The van der Waals surface area contributed by atoms with Crippen LogP contribution >= 0.6 is 0 Å². The Balaban J connectivity index is 1.70. The van der Waals surface area contributed by atoms with E-state index in [0.29, 0.717) is 6.17 Å². The Morgan fingerprint density at radius 3 is 2.10 bits per heavy atom. The van der Waals surface area contributed by atoms with E-state index in [4.69, 9.17) is 9.47 Å². The highest BCUT2D eigenvalue weighted by molar-refractivity contribution is 5.42. The summed E-state index contributed by atoms with van der Waals surface area (Å²) in [5.74, 6) is 1.75. The number of hydrogen-bond acceptors (Lipinski definition) is 6. The Kier molecular flexibility index (Phi) is 2.85. The predicted molar refractivity (Wildman–Crippen MR) is 74.0 cm³/mol. The molecule has 6 nitrogen and oxygen atoms in total.